The van der Waals surface area contributed by atoms with Gasteiger partial charge in [-0.1, -0.05) is 25.1 Å². The van der Waals surface area contributed by atoms with Gasteiger partial charge < -0.3 is 4.84 Å². The smallest absolute Gasteiger partial charge is 0.319 e. The van der Waals surface area contributed by atoms with Gasteiger partial charge in [0.25, 0.3) is 5.91 Å². The number of amides is 2. The van der Waals surface area contributed by atoms with Crippen LogP contribution < -0.4 is 5.32 Å². The lowest BCUT2D eigenvalue weighted by Gasteiger charge is -2.18. The number of benzene rings is 1. The maximum absolute atomic E-state index is 11.5. The van der Waals surface area contributed by atoms with Gasteiger partial charge in [0.15, 0.2) is 0 Å². The molecule has 0 aliphatic heterocycles. The molecule has 5 heteroatoms. The molecule has 0 fully saturated rings. The first kappa shape index (κ1) is 13.0. The topological polar surface area (TPSA) is 58.6 Å². The summed E-state index contributed by atoms with van der Waals surface area (Å²) in [5, 5.41) is 3.57. The molecule has 0 aromatic heterocycles. The Morgan fingerprint density at radius 1 is 1.24 bits per heavy atom. The molecule has 1 N–H and O–H groups in total. The van der Waals surface area contributed by atoms with E-state index in [9.17, 15) is 9.59 Å². The highest BCUT2D eigenvalue weighted by Crippen LogP contribution is 2.06. The van der Waals surface area contributed by atoms with E-state index in [0.29, 0.717) is 18.7 Å². The minimum atomic E-state index is -0.667. The molecule has 0 radical (unpaired) electrons. The Labute approximate surface area is 100 Å². The van der Waals surface area contributed by atoms with Gasteiger partial charge in [-0.3, -0.25) is 10.1 Å². The van der Waals surface area contributed by atoms with Gasteiger partial charge in [-0.15, -0.1) is 0 Å². The third-order valence-electron chi connectivity index (χ3n) is 2.08. The quantitative estimate of drug-likeness (QED) is 0.820. The molecule has 17 heavy (non-hydrogen) atoms. The molecular formula is C12H16N2O3. The average Bonchev–Trinajstić information content (AvgIpc) is 2.36. The lowest BCUT2D eigenvalue weighted by Crippen LogP contribution is -2.34. The number of nitrogens with one attached hydrogen (secondary N) is 1. The molecule has 0 saturated heterocycles. The Balaban J connectivity index is 2.51. The van der Waals surface area contributed by atoms with Gasteiger partial charge in [0.05, 0.1) is 6.54 Å². The van der Waals surface area contributed by atoms with Crippen molar-refractivity contribution in [1.29, 1.82) is 0 Å². The first-order chi connectivity index (χ1) is 8.17. The molecule has 0 aliphatic carbocycles. The molecule has 0 atom stereocenters. The molecule has 5 nitrogen and oxygen atoms in total. The van der Waals surface area contributed by atoms with Crippen LogP contribution in [-0.2, 0) is 9.63 Å². The largest absolute Gasteiger partial charge is 0.436 e. The number of carbonyl (C=O) groups is 2. The summed E-state index contributed by atoms with van der Waals surface area (Å²) in [6.45, 7) is 3.78. The van der Waals surface area contributed by atoms with E-state index < -0.39 is 6.09 Å². The highest BCUT2D eigenvalue weighted by Gasteiger charge is 2.14. The standard InChI is InChI=1S/C12H16N2O3/c1-3-11(15)14(4-2)17-12(16)13-10-8-6-5-7-9-10/h5-9H,3-4H2,1-2H3,(H,13,16). The zero-order chi connectivity index (χ0) is 12.7. The van der Waals surface area contributed by atoms with Crippen molar-refractivity contribution in [2.75, 3.05) is 11.9 Å². The number of anilines is 1. The van der Waals surface area contributed by atoms with Crippen molar-refractivity contribution in [1.82, 2.24) is 5.06 Å². The predicted octanol–water partition coefficient (Wildman–Crippen LogP) is 2.41. The number of rotatable bonds is 3. The second-order valence-electron chi connectivity index (χ2n) is 3.31. The van der Waals surface area contributed by atoms with E-state index in [1.807, 2.05) is 6.07 Å². The van der Waals surface area contributed by atoms with Gasteiger partial charge >= 0.3 is 6.09 Å². The number of carbonyl (C=O) groups excluding carboxylic acids is 2. The summed E-state index contributed by atoms with van der Waals surface area (Å²) in [6.07, 6.45) is -0.369. The monoisotopic (exact) mass is 236 g/mol. The molecule has 1 aromatic carbocycles. The van der Waals surface area contributed by atoms with Crippen LogP contribution in [0.1, 0.15) is 20.3 Å². The van der Waals surface area contributed by atoms with Gasteiger partial charge in [0.1, 0.15) is 0 Å². The van der Waals surface area contributed by atoms with Crippen LogP contribution in [0.15, 0.2) is 30.3 Å². The lowest BCUT2D eigenvalue weighted by molar-refractivity contribution is -0.163. The van der Waals surface area contributed by atoms with Gasteiger partial charge in [0, 0.05) is 12.1 Å². The van der Waals surface area contributed by atoms with Crippen molar-refractivity contribution in [2.24, 2.45) is 0 Å². The predicted molar refractivity (Wildman–Crippen MR) is 64.2 cm³/mol. The summed E-state index contributed by atoms with van der Waals surface area (Å²) in [5.74, 6) is -0.226. The van der Waals surface area contributed by atoms with Crippen LogP contribution in [0.4, 0.5) is 10.5 Å². The Kier molecular flexibility index (Phi) is 5.00. The lowest BCUT2D eigenvalue weighted by atomic mass is 10.3. The zero-order valence-corrected chi connectivity index (χ0v) is 9.97. The van der Waals surface area contributed by atoms with Crippen molar-refractivity contribution < 1.29 is 14.4 Å². The number of hydroxylamine groups is 2. The van der Waals surface area contributed by atoms with Crippen LogP contribution >= 0.6 is 0 Å². The van der Waals surface area contributed by atoms with Crippen molar-refractivity contribution >= 4 is 17.7 Å². The fourth-order valence-electron chi connectivity index (χ4n) is 1.23. The summed E-state index contributed by atoms with van der Waals surface area (Å²) in [6, 6.07) is 8.91. The van der Waals surface area contributed by atoms with Crippen LogP contribution in [-0.4, -0.2) is 23.6 Å². The molecule has 0 aliphatic rings. The van der Waals surface area contributed by atoms with E-state index in [0.717, 1.165) is 5.06 Å². The Hall–Kier alpha value is -2.04. The minimum absolute atomic E-state index is 0.226. The van der Waals surface area contributed by atoms with Crippen molar-refractivity contribution in [3.8, 4) is 0 Å². The molecule has 1 aromatic rings. The molecule has 0 unspecified atom stereocenters. The maximum atomic E-state index is 11.5. The van der Waals surface area contributed by atoms with E-state index in [1.165, 1.54) is 0 Å². The summed E-state index contributed by atoms with van der Waals surface area (Å²) in [5.41, 5.74) is 0.623. The normalized spacial score (nSPS) is 9.53. The summed E-state index contributed by atoms with van der Waals surface area (Å²) < 4.78 is 0. The van der Waals surface area contributed by atoms with E-state index in [2.05, 4.69) is 5.32 Å². The molecule has 2 amide bonds. The SMILES string of the molecule is CCC(=O)N(CC)OC(=O)Nc1ccccc1. The molecule has 0 spiro atoms. The second kappa shape index (κ2) is 6.52. The Morgan fingerprint density at radius 3 is 2.41 bits per heavy atom. The van der Waals surface area contributed by atoms with Crippen molar-refractivity contribution in [3.63, 3.8) is 0 Å². The first-order valence-electron chi connectivity index (χ1n) is 5.51. The van der Waals surface area contributed by atoms with E-state index in [1.54, 1.807) is 38.1 Å². The molecule has 1 rings (SSSR count). The van der Waals surface area contributed by atoms with Gasteiger partial charge in [0.2, 0.25) is 0 Å². The van der Waals surface area contributed by atoms with Gasteiger partial charge in [-0.25, -0.2) is 4.79 Å². The number of hydrogen-bond donors (Lipinski definition) is 1. The third kappa shape index (κ3) is 4.14. The Bertz CT molecular complexity index is 379. The number of para-hydroxylation sites is 1. The van der Waals surface area contributed by atoms with Gasteiger partial charge in [-0.05, 0) is 19.1 Å². The highest BCUT2D eigenvalue weighted by molar-refractivity contribution is 5.86. The van der Waals surface area contributed by atoms with Crippen molar-refractivity contribution in [2.45, 2.75) is 20.3 Å². The zero-order valence-electron chi connectivity index (χ0n) is 9.97. The minimum Gasteiger partial charge on any atom is -0.319 e. The molecule has 0 saturated carbocycles. The maximum Gasteiger partial charge on any atom is 0.436 e. The third-order valence-corrected chi connectivity index (χ3v) is 2.08. The van der Waals surface area contributed by atoms with Crippen LogP contribution in [0.5, 0.6) is 0 Å². The number of nitrogens with zero attached hydrogens (tertiary/aromatic N) is 1. The van der Waals surface area contributed by atoms with Crippen molar-refractivity contribution in [3.05, 3.63) is 30.3 Å². The molecule has 0 bridgehead atoms. The van der Waals surface area contributed by atoms with E-state index in [4.69, 9.17) is 4.84 Å². The molecule has 92 valence electrons. The first-order valence-corrected chi connectivity index (χ1v) is 5.51. The second-order valence-corrected chi connectivity index (χ2v) is 3.31. The average molecular weight is 236 g/mol. The van der Waals surface area contributed by atoms with Crippen LogP contribution in [0, 0.1) is 0 Å². The van der Waals surface area contributed by atoms with Crippen LogP contribution in [0.2, 0.25) is 0 Å². The van der Waals surface area contributed by atoms with Crippen LogP contribution in [0.3, 0.4) is 0 Å². The fourth-order valence-corrected chi connectivity index (χ4v) is 1.23. The van der Waals surface area contributed by atoms with E-state index >= 15 is 0 Å². The summed E-state index contributed by atoms with van der Waals surface area (Å²) in [4.78, 5) is 27.7. The molecule has 0 heterocycles. The highest BCUT2D eigenvalue weighted by atomic mass is 16.7. The summed E-state index contributed by atoms with van der Waals surface area (Å²) in [7, 11) is 0. The number of hydrogen-bond acceptors (Lipinski definition) is 3. The fraction of sp³-hybridized carbons (Fsp3) is 0.333. The molecular weight excluding hydrogens is 220 g/mol. The van der Waals surface area contributed by atoms with Gasteiger partial charge in [-0.2, -0.15) is 5.06 Å². The van der Waals surface area contributed by atoms with E-state index in [-0.39, 0.29) is 5.91 Å². The summed E-state index contributed by atoms with van der Waals surface area (Å²) >= 11 is 0. The Morgan fingerprint density at radius 2 is 1.88 bits per heavy atom. The van der Waals surface area contributed by atoms with Crippen LogP contribution in [0.25, 0.3) is 0 Å².